The van der Waals surface area contributed by atoms with Gasteiger partial charge in [0.05, 0.1) is 6.10 Å². The number of aryl methyl sites for hydroxylation is 2. The Bertz CT molecular complexity index is 805. The SMILES string of the molecule is Cc1cccc(CCC=C[C@@H]2[C@H]3CC(CCCCC(=O)N4CCCC4)=C[C@H]3C[C@H]2O)c1. The molecule has 4 rings (SSSR count). The van der Waals surface area contributed by atoms with Crippen LogP contribution < -0.4 is 0 Å². The second-order valence-corrected chi connectivity index (χ2v) is 9.99. The summed E-state index contributed by atoms with van der Waals surface area (Å²) in [5.41, 5.74) is 4.27. The maximum atomic E-state index is 12.2. The smallest absolute Gasteiger partial charge is 0.222 e. The van der Waals surface area contributed by atoms with Crippen LogP contribution >= 0.6 is 0 Å². The molecule has 168 valence electrons. The first-order valence-electron chi connectivity index (χ1n) is 12.5. The van der Waals surface area contributed by atoms with E-state index >= 15 is 0 Å². The molecule has 3 nitrogen and oxygen atoms in total. The van der Waals surface area contributed by atoms with Crippen molar-refractivity contribution in [3.05, 3.63) is 59.2 Å². The highest BCUT2D eigenvalue weighted by molar-refractivity contribution is 5.76. The van der Waals surface area contributed by atoms with Crippen LogP contribution in [-0.4, -0.2) is 35.1 Å². The largest absolute Gasteiger partial charge is 0.392 e. The molecule has 2 aliphatic carbocycles. The average molecular weight is 422 g/mol. The summed E-state index contributed by atoms with van der Waals surface area (Å²) in [5.74, 6) is 1.77. The number of hydrogen-bond acceptors (Lipinski definition) is 2. The number of fused-ring (bicyclic) bond motifs is 1. The Kier molecular flexibility index (Phi) is 7.66. The van der Waals surface area contributed by atoms with Crippen molar-refractivity contribution in [2.75, 3.05) is 13.1 Å². The maximum absolute atomic E-state index is 12.2. The molecule has 3 aliphatic rings. The number of carbonyl (C=O) groups is 1. The molecule has 4 atom stereocenters. The zero-order valence-electron chi connectivity index (χ0n) is 19.1. The number of unbranched alkanes of at least 4 members (excludes halogenated alkanes) is 1. The highest BCUT2D eigenvalue weighted by Crippen LogP contribution is 2.48. The molecule has 31 heavy (non-hydrogen) atoms. The number of allylic oxidation sites excluding steroid dienone is 3. The van der Waals surface area contributed by atoms with Crippen LogP contribution in [0.25, 0.3) is 0 Å². The number of aliphatic hydroxyl groups is 1. The molecule has 1 saturated heterocycles. The molecular weight excluding hydrogens is 382 g/mol. The summed E-state index contributed by atoms with van der Waals surface area (Å²) in [6, 6.07) is 8.74. The van der Waals surface area contributed by atoms with Gasteiger partial charge in [0.1, 0.15) is 0 Å². The lowest BCUT2D eigenvalue weighted by atomic mass is 9.88. The third kappa shape index (κ3) is 5.88. The van der Waals surface area contributed by atoms with Crippen LogP contribution in [0.5, 0.6) is 0 Å². The molecule has 2 fully saturated rings. The lowest BCUT2D eigenvalue weighted by Gasteiger charge is -2.18. The van der Waals surface area contributed by atoms with Crippen LogP contribution in [0.15, 0.2) is 48.1 Å². The van der Waals surface area contributed by atoms with Crippen LogP contribution in [0, 0.1) is 24.7 Å². The van der Waals surface area contributed by atoms with Crippen molar-refractivity contribution < 1.29 is 9.90 Å². The van der Waals surface area contributed by atoms with Crippen LogP contribution in [0.4, 0.5) is 0 Å². The number of hydrogen-bond donors (Lipinski definition) is 1. The predicted molar refractivity (Wildman–Crippen MR) is 127 cm³/mol. The third-order valence-corrected chi connectivity index (χ3v) is 7.59. The summed E-state index contributed by atoms with van der Waals surface area (Å²) < 4.78 is 0. The zero-order chi connectivity index (χ0) is 21.6. The van der Waals surface area contributed by atoms with Crippen molar-refractivity contribution in [1.82, 2.24) is 4.90 Å². The van der Waals surface area contributed by atoms with Crippen LogP contribution in [0.2, 0.25) is 0 Å². The first kappa shape index (κ1) is 22.3. The van der Waals surface area contributed by atoms with Crippen molar-refractivity contribution in [3.63, 3.8) is 0 Å². The van der Waals surface area contributed by atoms with E-state index in [4.69, 9.17) is 0 Å². The molecule has 1 aromatic carbocycles. The number of amides is 1. The molecule has 0 unspecified atom stereocenters. The number of rotatable bonds is 9. The van der Waals surface area contributed by atoms with E-state index in [0.29, 0.717) is 30.1 Å². The van der Waals surface area contributed by atoms with E-state index in [-0.39, 0.29) is 6.10 Å². The molecule has 0 spiro atoms. The molecule has 0 radical (unpaired) electrons. The first-order chi connectivity index (χ1) is 15.1. The van der Waals surface area contributed by atoms with E-state index in [1.54, 1.807) is 5.57 Å². The van der Waals surface area contributed by atoms with Crippen molar-refractivity contribution in [1.29, 1.82) is 0 Å². The molecule has 1 N–H and O–H groups in total. The fraction of sp³-hybridized carbons (Fsp3) is 0.607. The zero-order valence-corrected chi connectivity index (χ0v) is 19.1. The van der Waals surface area contributed by atoms with Gasteiger partial charge in [0.25, 0.3) is 0 Å². The molecular formula is C28H39NO2. The summed E-state index contributed by atoms with van der Waals surface area (Å²) in [7, 11) is 0. The van der Waals surface area contributed by atoms with Gasteiger partial charge in [-0.15, -0.1) is 0 Å². The Hall–Kier alpha value is -1.87. The Morgan fingerprint density at radius 1 is 1.19 bits per heavy atom. The number of nitrogens with zero attached hydrogens (tertiary/aromatic N) is 1. The van der Waals surface area contributed by atoms with Crippen molar-refractivity contribution in [3.8, 4) is 0 Å². The molecule has 0 bridgehead atoms. The molecule has 0 aromatic heterocycles. The summed E-state index contributed by atoms with van der Waals surface area (Å²) in [6.07, 6.45) is 17.3. The van der Waals surface area contributed by atoms with Crippen molar-refractivity contribution in [2.45, 2.75) is 77.2 Å². The number of carbonyl (C=O) groups excluding carboxylic acids is 1. The maximum Gasteiger partial charge on any atom is 0.222 e. The lowest BCUT2D eigenvalue weighted by Crippen LogP contribution is -2.27. The second-order valence-electron chi connectivity index (χ2n) is 9.99. The van der Waals surface area contributed by atoms with Gasteiger partial charge in [-0.05, 0) is 82.1 Å². The molecule has 1 saturated carbocycles. The summed E-state index contributed by atoms with van der Waals surface area (Å²) in [5, 5.41) is 10.6. The van der Waals surface area contributed by atoms with E-state index in [9.17, 15) is 9.90 Å². The molecule has 1 aliphatic heterocycles. The monoisotopic (exact) mass is 421 g/mol. The van der Waals surface area contributed by atoms with E-state index < -0.39 is 0 Å². The molecule has 1 aromatic rings. The average Bonchev–Trinajstić information content (AvgIpc) is 3.46. The second kappa shape index (κ2) is 10.6. The normalized spacial score (nSPS) is 27.8. The highest BCUT2D eigenvalue weighted by Gasteiger charge is 2.43. The minimum atomic E-state index is -0.193. The van der Waals surface area contributed by atoms with E-state index in [0.717, 1.165) is 58.0 Å². The van der Waals surface area contributed by atoms with Crippen LogP contribution in [0.3, 0.4) is 0 Å². The van der Waals surface area contributed by atoms with E-state index in [2.05, 4.69) is 49.4 Å². The van der Waals surface area contributed by atoms with E-state index in [1.165, 1.54) is 24.0 Å². The van der Waals surface area contributed by atoms with Gasteiger partial charge in [-0.1, -0.05) is 53.6 Å². The Balaban J connectivity index is 1.18. The van der Waals surface area contributed by atoms with Crippen LogP contribution in [-0.2, 0) is 11.2 Å². The fourth-order valence-electron chi connectivity index (χ4n) is 5.91. The molecule has 1 heterocycles. The van der Waals surface area contributed by atoms with Gasteiger partial charge in [0.15, 0.2) is 0 Å². The quantitative estimate of drug-likeness (QED) is 0.416. The van der Waals surface area contributed by atoms with Crippen molar-refractivity contribution in [2.24, 2.45) is 17.8 Å². The molecule has 3 heteroatoms. The van der Waals surface area contributed by atoms with Crippen molar-refractivity contribution >= 4 is 5.91 Å². The van der Waals surface area contributed by atoms with E-state index in [1.807, 2.05) is 4.90 Å². The van der Waals surface area contributed by atoms with Gasteiger partial charge >= 0.3 is 0 Å². The Morgan fingerprint density at radius 3 is 2.84 bits per heavy atom. The van der Waals surface area contributed by atoms with Crippen LogP contribution in [0.1, 0.15) is 68.9 Å². The number of likely N-dealkylation sites (tertiary alicyclic amines) is 1. The summed E-state index contributed by atoms with van der Waals surface area (Å²) >= 11 is 0. The van der Waals surface area contributed by atoms with Gasteiger partial charge in [0.2, 0.25) is 5.91 Å². The minimum absolute atomic E-state index is 0.193. The standard InChI is InChI=1S/C28H39NO2/c1-21-9-8-12-22(17-21)10-2-4-13-25-26-19-23(18-24(26)20-27(25)30)11-3-5-14-28(31)29-15-6-7-16-29/h4,8-9,12-13,17-18,24-27,30H,2-3,5-7,10-11,14-16,19-20H2,1H3/t24-,25+,26-,27+/m0/s1. The predicted octanol–water partition coefficient (Wildman–Crippen LogP) is 5.61. The lowest BCUT2D eigenvalue weighted by molar-refractivity contribution is -0.130. The van der Waals surface area contributed by atoms with Gasteiger partial charge in [-0.3, -0.25) is 4.79 Å². The number of aliphatic hydroxyl groups excluding tert-OH is 1. The Morgan fingerprint density at radius 2 is 2.03 bits per heavy atom. The topological polar surface area (TPSA) is 40.5 Å². The fourth-order valence-corrected chi connectivity index (χ4v) is 5.91. The highest BCUT2D eigenvalue weighted by atomic mass is 16.3. The summed E-state index contributed by atoms with van der Waals surface area (Å²) in [6.45, 7) is 4.08. The first-order valence-corrected chi connectivity index (χ1v) is 12.5. The van der Waals surface area contributed by atoms with Gasteiger partial charge < -0.3 is 10.0 Å². The van der Waals surface area contributed by atoms with Gasteiger partial charge in [-0.2, -0.15) is 0 Å². The van der Waals surface area contributed by atoms with Gasteiger partial charge in [0, 0.05) is 25.4 Å². The third-order valence-electron chi connectivity index (χ3n) is 7.59. The number of benzene rings is 1. The Labute approximate surface area is 188 Å². The minimum Gasteiger partial charge on any atom is -0.392 e. The molecule has 1 amide bonds. The summed E-state index contributed by atoms with van der Waals surface area (Å²) in [4.78, 5) is 14.2. The van der Waals surface area contributed by atoms with Gasteiger partial charge in [-0.25, -0.2) is 0 Å².